The lowest BCUT2D eigenvalue weighted by molar-refractivity contribution is -0.889. The van der Waals surface area contributed by atoms with Gasteiger partial charge in [0.25, 0.3) is 0 Å². The standard InChI is InChI=1S/C49H87NO7/c1-6-8-10-12-14-16-18-20-21-22-23-24-25-26-27-28-30-31-33-35-37-39-47(51)56-44-45(43-55-42-41-46(49(53)54)50(3,4)5)57-48(52)40-38-36-34-32-29-19-17-15-13-11-9-7-2/h9,11,15,17,24-25,29,32,45-46H,6-8,10,12-14,16,18-23,26-28,30-31,33-44H2,1-5H3/b11-9+,17-15+,25-24+,32-29+. The zero-order valence-electron chi connectivity index (χ0n) is 37.5. The van der Waals surface area contributed by atoms with E-state index >= 15 is 0 Å². The van der Waals surface area contributed by atoms with Crippen molar-refractivity contribution in [3.63, 3.8) is 0 Å². The molecule has 0 amide bonds. The van der Waals surface area contributed by atoms with E-state index in [1.807, 2.05) is 0 Å². The minimum Gasteiger partial charge on any atom is -0.544 e. The highest BCUT2D eigenvalue weighted by molar-refractivity contribution is 5.70. The molecule has 0 saturated heterocycles. The van der Waals surface area contributed by atoms with E-state index in [1.165, 1.54) is 103 Å². The first kappa shape index (κ1) is 54.3. The summed E-state index contributed by atoms with van der Waals surface area (Å²) < 4.78 is 17.1. The molecule has 0 radical (unpaired) electrons. The Bertz CT molecular complexity index is 1070. The second-order valence-electron chi connectivity index (χ2n) is 16.6. The summed E-state index contributed by atoms with van der Waals surface area (Å²) in [5.41, 5.74) is 0. The van der Waals surface area contributed by atoms with Crippen molar-refractivity contribution in [1.82, 2.24) is 0 Å². The summed E-state index contributed by atoms with van der Waals surface area (Å²) in [6, 6.07) is -0.733. The average Bonchev–Trinajstić information content (AvgIpc) is 3.17. The number of esters is 2. The summed E-state index contributed by atoms with van der Waals surface area (Å²) in [5.74, 6) is -1.79. The van der Waals surface area contributed by atoms with Crippen LogP contribution in [0, 0.1) is 0 Å². The molecule has 8 nitrogen and oxygen atoms in total. The van der Waals surface area contributed by atoms with Crippen molar-refractivity contribution < 1.29 is 38.2 Å². The molecular weight excluding hydrogens is 715 g/mol. The molecule has 0 fully saturated rings. The van der Waals surface area contributed by atoms with Gasteiger partial charge in [0.1, 0.15) is 12.6 Å². The third-order valence-electron chi connectivity index (χ3n) is 10.2. The third kappa shape index (κ3) is 38.6. The maximum absolute atomic E-state index is 12.7. The van der Waals surface area contributed by atoms with Crippen LogP contribution in [-0.4, -0.2) is 75.5 Å². The zero-order valence-corrected chi connectivity index (χ0v) is 37.5. The second kappa shape index (κ2) is 40.1. The van der Waals surface area contributed by atoms with Crippen molar-refractivity contribution in [3.05, 3.63) is 48.6 Å². The van der Waals surface area contributed by atoms with Crippen molar-refractivity contribution in [1.29, 1.82) is 0 Å². The topological polar surface area (TPSA) is 102 Å². The molecule has 0 rings (SSSR count). The summed E-state index contributed by atoms with van der Waals surface area (Å²) in [5, 5.41) is 11.6. The molecule has 0 aliphatic heterocycles. The van der Waals surface area contributed by atoms with Crippen LogP contribution < -0.4 is 5.11 Å². The molecule has 0 heterocycles. The van der Waals surface area contributed by atoms with Crippen LogP contribution in [0.2, 0.25) is 0 Å². The number of quaternary nitrogens is 1. The van der Waals surface area contributed by atoms with Crippen molar-refractivity contribution >= 4 is 17.9 Å². The minimum absolute atomic E-state index is 0.0234. The van der Waals surface area contributed by atoms with Crippen LogP contribution >= 0.6 is 0 Å². The Hall–Kier alpha value is -2.71. The van der Waals surface area contributed by atoms with Gasteiger partial charge in [0.2, 0.25) is 0 Å². The van der Waals surface area contributed by atoms with Crippen molar-refractivity contribution in [2.45, 2.75) is 206 Å². The minimum atomic E-state index is -1.13. The van der Waals surface area contributed by atoms with Crippen molar-refractivity contribution in [2.24, 2.45) is 0 Å². The Morgan fingerprint density at radius 1 is 0.544 bits per heavy atom. The molecule has 0 saturated carbocycles. The Morgan fingerprint density at radius 3 is 1.51 bits per heavy atom. The van der Waals surface area contributed by atoms with Crippen LogP contribution in [0.5, 0.6) is 0 Å². The summed E-state index contributed by atoms with van der Waals surface area (Å²) in [6.45, 7) is 4.50. The van der Waals surface area contributed by atoms with Gasteiger partial charge in [0, 0.05) is 19.3 Å². The van der Waals surface area contributed by atoms with Gasteiger partial charge in [-0.05, 0) is 70.6 Å². The molecule has 0 aliphatic carbocycles. The summed E-state index contributed by atoms with van der Waals surface area (Å²) in [6.07, 6.45) is 47.2. The van der Waals surface area contributed by atoms with Crippen LogP contribution in [0.4, 0.5) is 0 Å². The molecule has 2 atom stereocenters. The number of aliphatic carboxylic acids is 1. The molecule has 0 aromatic heterocycles. The van der Waals surface area contributed by atoms with E-state index in [-0.39, 0.29) is 49.1 Å². The lowest BCUT2D eigenvalue weighted by Gasteiger charge is -2.34. The number of unbranched alkanes of at least 4 members (excludes halogenated alkanes) is 19. The van der Waals surface area contributed by atoms with Crippen LogP contribution in [0.1, 0.15) is 194 Å². The highest BCUT2D eigenvalue weighted by Crippen LogP contribution is 2.14. The fourth-order valence-electron chi connectivity index (χ4n) is 6.61. The summed E-state index contributed by atoms with van der Waals surface area (Å²) in [7, 11) is 5.39. The average molecular weight is 802 g/mol. The fraction of sp³-hybridized carbons (Fsp3) is 0.776. The third-order valence-corrected chi connectivity index (χ3v) is 10.2. The van der Waals surface area contributed by atoms with Crippen molar-refractivity contribution in [2.75, 3.05) is 41.0 Å². The number of carboxylic acids is 1. The lowest BCUT2D eigenvalue weighted by Crippen LogP contribution is -2.55. The van der Waals surface area contributed by atoms with E-state index in [2.05, 4.69) is 62.5 Å². The summed E-state index contributed by atoms with van der Waals surface area (Å²) in [4.78, 5) is 36.8. The van der Waals surface area contributed by atoms with Gasteiger partial charge < -0.3 is 28.6 Å². The normalized spacial score (nSPS) is 13.4. The number of hydrogen-bond donors (Lipinski definition) is 0. The quantitative estimate of drug-likeness (QED) is 0.0262. The Morgan fingerprint density at radius 2 is 0.982 bits per heavy atom. The molecule has 0 spiro atoms. The molecule has 330 valence electrons. The predicted octanol–water partition coefficient (Wildman–Crippen LogP) is 11.5. The number of ether oxygens (including phenoxy) is 3. The molecule has 57 heavy (non-hydrogen) atoms. The summed E-state index contributed by atoms with van der Waals surface area (Å²) >= 11 is 0. The Kier molecular flexibility index (Phi) is 38.2. The van der Waals surface area contributed by atoms with Gasteiger partial charge in [-0.1, -0.05) is 152 Å². The number of rotatable bonds is 41. The number of carbonyl (C=O) groups excluding carboxylic acids is 3. The number of carbonyl (C=O) groups is 3. The van der Waals surface area contributed by atoms with Gasteiger partial charge in [0.15, 0.2) is 6.10 Å². The van der Waals surface area contributed by atoms with Gasteiger partial charge >= 0.3 is 11.9 Å². The number of likely N-dealkylation sites (N-methyl/N-ethyl adjacent to an activating group) is 1. The van der Waals surface area contributed by atoms with E-state index in [0.717, 1.165) is 51.4 Å². The Balaban J connectivity index is 4.27. The molecule has 0 aliphatic rings. The molecule has 2 unspecified atom stereocenters. The van der Waals surface area contributed by atoms with Gasteiger partial charge in [0.05, 0.1) is 40.3 Å². The van der Waals surface area contributed by atoms with E-state index in [1.54, 1.807) is 21.1 Å². The van der Waals surface area contributed by atoms with E-state index < -0.39 is 18.1 Å². The highest BCUT2D eigenvalue weighted by Gasteiger charge is 2.25. The largest absolute Gasteiger partial charge is 0.544 e. The maximum atomic E-state index is 12.7. The van der Waals surface area contributed by atoms with Crippen molar-refractivity contribution in [3.8, 4) is 0 Å². The molecule has 0 bridgehead atoms. The molecule has 0 aromatic rings. The van der Waals surface area contributed by atoms with Gasteiger partial charge in [-0.15, -0.1) is 0 Å². The highest BCUT2D eigenvalue weighted by atomic mass is 16.6. The van der Waals surface area contributed by atoms with E-state index in [0.29, 0.717) is 12.8 Å². The fourth-order valence-corrected chi connectivity index (χ4v) is 6.61. The molecule has 0 N–H and O–H groups in total. The number of carboxylic acid groups (broad SMARTS) is 1. The smallest absolute Gasteiger partial charge is 0.306 e. The molecular formula is C49H87NO7. The first-order valence-corrected chi connectivity index (χ1v) is 23.2. The second-order valence-corrected chi connectivity index (χ2v) is 16.6. The van der Waals surface area contributed by atoms with E-state index in [4.69, 9.17) is 14.2 Å². The van der Waals surface area contributed by atoms with E-state index in [9.17, 15) is 19.5 Å². The first-order chi connectivity index (χ1) is 27.6. The number of nitrogens with zero attached hydrogens (tertiary/aromatic N) is 1. The first-order valence-electron chi connectivity index (χ1n) is 23.2. The van der Waals surface area contributed by atoms with Crippen LogP contribution in [0.15, 0.2) is 48.6 Å². The van der Waals surface area contributed by atoms with Gasteiger partial charge in [-0.3, -0.25) is 9.59 Å². The van der Waals surface area contributed by atoms with Crippen LogP contribution in [-0.2, 0) is 28.6 Å². The van der Waals surface area contributed by atoms with Crippen LogP contribution in [0.25, 0.3) is 0 Å². The lowest BCUT2D eigenvalue weighted by atomic mass is 10.1. The zero-order chi connectivity index (χ0) is 42.1. The number of allylic oxidation sites excluding steroid dienone is 8. The number of hydrogen-bond acceptors (Lipinski definition) is 7. The predicted molar refractivity (Wildman–Crippen MR) is 236 cm³/mol. The Labute approximate surface area is 350 Å². The van der Waals surface area contributed by atoms with Gasteiger partial charge in [-0.2, -0.15) is 0 Å². The monoisotopic (exact) mass is 802 g/mol. The van der Waals surface area contributed by atoms with Crippen LogP contribution in [0.3, 0.4) is 0 Å². The molecule has 8 heteroatoms. The maximum Gasteiger partial charge on any atom is 0.306 e. The molecule has 0 aromatic carbocycles. The van der Waals surface area contributed by atoms with Gasteiger partial charge in [-0.25, -0.2) is 0 Å². The SMILES string of the molecule is CC/C=C/C/C=C/C/C=C/CCCCC(=O)OC(COCCC(C(=O)[O-])[N+](C)(C)C)COC(=O)CCCCCCCCC/C=C/CCCCCCCCCCCC.